The van der Waals surface area contributed by atoms with E-state index in [1.807, 2.05) is 54.6 Å². The number of rotatable bonds is 1. The predicted octanol–water partition coefficient (Wildman–Crippen LogP) is 3.58. The van der Waals surface area contributed by atoms with Gasteiger partial charge in [0.15, 0.2) is 0 Å². The van der Waals surface area contributed by atoms with Gasteiger partial charge in [0.25, 0.3) is 0 Å². The zero-order valence-electron chi connectivity index (χ0n) is 10.7. The van der Waals surface area contributed by atoms with Crippen molar-refractivity contribution in [1.82, 2.24) is 10.2 Å². The first-order valence-electron chi connectivity index (χ1n) is 6.46. The zero-order valence-corrected chi connectivity index (χ0v) is 10.7. The van der Waals surface area contributed by atoms with Crippen LogP contribution in [0.1, 0.15) is 5.56 Å². The highest BCUT2D eigenvalue weighted by atomic mass is 15.2. The van der Waals surface area contributed by atoms with Crippen LogP contribution in [0.5, 0.6) is 0 Å². The molecule has 0 atom stereocenters. The Hall–Kier alpha value is -2.88. The van der Waals surface area contributed by atoms with E-state index in [-0.39, 0.29) is 0 Å². The topological polar surface area (TPSA) is 53.1 Å². The third kappa shape index (κ3) is 1.70. The second-order valence-corrected chi connectivity index (χ2v) is 4.63. The van der Waals surface area contributed by atoms with Crippen LogP contribution < -0.4 is 5.32 Å². The molecule has 1 aromatic heterocycles. The number of hydrogen-bond acceptors (Lipinski definition) is 3. The largest absolute Gasteiger partial charge is 0.337 e. The highest BCUT2D eigenvalue weighted by Crippen LogP contribution is 2.36. The van der Waals surface area contributed by atoms with Gasteiger partial charge in [-0.25, -0.2) is 4.99 Å². The number of aliphatic imine (C=N–C) groups is 1. The average molecular weight is 260 g/mol. The van der Waals surface area contributed by atoms with Crippen molar-refractivity contribution < 1.29 is 0 Å². The molecule has 0 bridgehead atoms. The number of nitrogens with one attached hydrogen (secondary N) is 2. The molecule has 4 rings (SSSR count). The van der Waals surface area contributed by atoms with Gasteiger partial charge in [0.1, 0.15) is 5.84 Å². The van der Waals surface area contributed by atoms with E-state index in [4.69, 9.17) is 4.99 Å². The molecule has 0 fully saturated rings. The minimum atomic E-state index is 0.832. The predicted molar refractivity (Wildman–Crippen MR) is 80.3 cm³/mol. The van der Waals surface area contributed by atoms with Gasteiger partial charge in [0.2, 0.25) is 0 Å². The van der Waals surface area contributed by atoms with E-state index in [1.54, 1.807) is 6.20 Å². The minimum absolute atomic E-state index is 0.832. The van der Waals surface area contributed by atoms with Crippen LogP contribution >= 0.6 is 0 Å². The summed E-state index contributed by atoms with van der Waals surface area (Å²) >= 11 is 0. The standard InChI is InChI=1S/C16H12N4/c1-2-6-11(7-3-1)16-18-13-9-5-4-8-12(13)15-14(19-16)10-17-20-15/h1-10H,(H,17,20)(H,18,19). The van der Waals surface area contributed by atoms with Gasteiger partial charge in [-0.15, -0.1) is 0 Å². The summed E-state index contributed by atoms with van der Waals surface area (Å²) in [4.78, 5) is 4.75. The van der Waals surface area contributed by atoms with Crippen molar-refractivity contribution in [3.63, 3.8) is 0 Å². The van der Waals surface area contributed by atoms with Gasteiger partial charge in [-0.3, -0.25) is 5.10 Å². The van der Waals surface area contributed by atoms with Crippen molar-refractivity contribution >= 4 is 17.2 Å². The molecular weight excluding hydrogens is 248 g/mol. The maximum atomic E-state index is 4.75. The Kier molecular flexibility index (Phi) is 2.39. The fraction of sp³-hybridized carbons (Fsp3) is 0. The molecular formula is C16H12N4. The van der Waals surface area contributed by atoms with Crippen molar-refractivity contribution in [3.8, 4) is 11.3 Å². The summed E-state index contributed by atoms with van der Waals surface area (Å²) in [5.41, 5.74) is 4.95. The Bertz CT molecular complexity index is 787. The fourth-order valence-electron chi connectivity index (χ4n) is 2.38. The molecule has 0 spiro atoms. The Balaban J connectivity index is 1.95. The first-order valence-corrected chi connectivity index (χ1v) is 6.46. The van der Waals surface area contributed by atoms with Crippen molar-refractivity contribution in [2.24, 2.45) is 4.99 Å². The third-order valence-corrected chi connectivity index (χ3v) is 3.35. The Labute approximate surface area is 116 Å². The Morgan fingerprint density at radius 3 is 2.55 bits per heavy atom. The molecule has 2 heterocycles. The summed E-state index contributed by atoms with van der Waals surface area (Å²) < 4.78 is 0. The number of fused-ring (bicyclic) bond motifs is 3. The van der Waals surface area contributed by atoms with Gasteiger partial charge in [-0.2, -0.15) is 5.10 Å². The lowest BCUT2D eigenvalue weighted by Crippen LogP contribution is -2.12. The summed E-state index contributed by atoms with van der Waals surface area (Å²) in [5, 5.41) is 10.5. The maximum Gasteiger partial charge on any atom is 0.138 e. The maximum absolute atomic E-state index is 4.75. The molecule has 0 aliphatic carbocycles. The average Bonchev–Trinajstić information content (AvgIpc) is 2.90. The van der Waals surface area contributed by atoms with E-state index in [9.17, 15) is 0 Å². The van der Waals surface area contributed by atoms with Gasteiger partial charge < -0.3 is 5.32 Å². The van der Waals surface area contributed by atoms with Crippen LogP contribution in [0.2, 0.25) is 0 Å². The van der Waals surface area contributed by atoms with Gasteiger partial charge in [0.05, 0.1) is 23.3 Å². The lowest BCUT2D eigenvalue weighted by atomic mass is 10.1. The molecule has 0 saturated carbocycles. The molecule has 1 aliphatic rings. The second kappa shape index (κ2) is 4.35. The Morgan fingerprint density at radius 2 is 1.65 bits per heavy atom. The van der Waals surface area contributed by atoms with Crippen LogP contribution in [0.15, 0.2) is 65.8 Å². The molecule has 0 unspecified atom stereocenters. The van der Waals surface area contributed by atoms with Crippen LogP contribution in [0, 0.1) is 0 Å². The number of nitrogens with zero attached hydrogens (tertiary/aromatic N) is 2. The van der Waals surface area contributed by atoms with Crippen LogP contribution in [0.3, 0.4) is 0 Å². The summed E-state index contributed by atoms with van der Waals surface area (Å²) in [5.74, 6) is 0.832. The number of benzene rings is 2. The smallest absolute Gasteiger partial charge is 0.138 e. The summed E-state index contributed by atoms with van der Waals surface area (Å²) in [6, 6.07) is 18.1. The van der Waals surface area contributed by atoms with Crippen molar-refractivity contribution in [1.29, 1.82) is 0 Å². The molecule has 96 valence electrons. The molecule has 2 aromatic carbocycles. The fourth-order valence-corrected chi connectivity index (χ4v) is 2.38. The van der Waals surface area contributed by atoms with Gasteiger partial charge in [-0.05, 0) is 6.07 Å². The second-order valence-electron chi connectivity index (χ2n) is 4.63. The van der Waals surface area contributed by atoms with Crippen LogP contribution in [-0.2, 0) is 0 Å². The number of hydrogen-bond donors (Lipinski definition) is 2. The van der Waals surface area contributed by atoms with Crippen molar-refractivity contribution in [2.45, 2.75) is 0 Å². The zero-order chi connectivity index (χ0) is 13.4. The van der Waals surface area contributed by atoms with Crippen LogP contribution in [0.4, 0.5) is 11.4 Å². The van der Waals surface area contributed by atoms with E-state index in [2.05, 4.69) is 15.5 Å². The highest BCUT2D eigenvalue weighted by Gasteiger charge is 2.17. The highest BCUT2D eigenvalue weighted by molar-refractivity contribution is 6.12. The molecule has 4 heteroatoms. The molecule has 3 aromatic rings. The van der Waals surface area contributed by atoms with Crippen molar-refractivity contribution in [3.05, 3.63) is 66.4 Å². The summed E-state index contributed by atoms with van der Waals surface area (Å²) in [7, 11) is 0. The lowest BCUT2D eigenvalue weighted by molar-refractivity contribution is 1.09. The molecule has 4 nitrogen and oxygen atoms in total. The number of anilines is 1. The first kappa shape index (κ1) is 11.0. The molecule has 2 N–H and O–H groups in total. The van der Waals surface area contributed by atoms with E-state index in [0.717, 1.165) is 34.0 Å². The molecule has 0 radical (unpaired) electrons. The van der Waals surface area contributed by atoms with Gasteiger partial charge in [-0.1, -0.05) is 48.5 Å². The first-order chi connectivity index (χ1) is 9.92. The number of aromatic nitrogens is 2. The van der Waals surface area contributed by atoms with E-state index < -0.39 is 0 Å². The summed E-state index contributed by atoms with van der Waals surface area (Å²) in [6.07, 6.45) is 1.79. The molecule has 0 saturated heterocycles. The van der Waals surface area contributed by atoms with Gasteiger partial charge in [0, 0.05) is 11.1 Å². The minimum Gasteiger partial charge on any atom is -0.337 e. The van der Waals surface area contributed by atoms with E-state index in [0.29, 0.717) is 0 Å². The van der Waals surface area contributed by atoms with E-state index in [1.165, 1.54) is 0 Å². The lowest BCUT2D eigenvalue weighted by Gasteiger charge is -2.06. The monoisotopic (exact) mass is 260 g/mol. The van der Waals surface area contributed by atoms with Crippen LogP contribution in [0.25, 0.3) is 11.3 Å². The number of aromatic amines is 1. The third-order valence-electron chi connectivity index (χ3n) is 3.35. The quantitative estimate of drug-likeness (QED) is 0.702. The van der Waals surface area contributed by atoms with Crippen LogP contribution in [-0.4, -0.2) is 16.0 Å². The SMILES string of the molecule is c1ccc(C2=Nc3ccccc3-c3[nH]ncc3N2)cc1. The van der Waals surface area contributed by atoms with Gasteiger partial charge >= 0.3 is 0 Å². The molecule has 20 heavy (non-hydrogen) atoms. The van der Waals surface area contributed by atoms with E-state index >= 15 is 0 Å². The molecule has 0 amide bonds. The Morgan fingerprint density at radius 1 is 0.850 bits per heavy atom. The van der Waals surface area contributed by atoms with Crippen molar-refractivity contribution in [2.75, 3.05) is 5.32 Å². The number of para-hydroxylation sites is 1. The summed E-state index contributed by atoms with van der Waals surface area (Å²) in [6.45, 7) is 0. The number of H-pyrrole nitrogens is 1. The normalized spacial score (nSPS) is 12.7. The number of amidine groups is 1. The molecule has 1 aliphatic heterocycles.